The van der Waals surface area contributed by atoms with Gasteiger partial charge >= 0.3 is 0 Å². The molecule has 1 aromatic heterocycles. The van der Waals surface area contributed by atoms with Crippen LogP contribution < -0.4 is 4.74 Å². The number of benzene rings is 1. The van der Waals surface area contributed by atoms with Crippen molar-refractivity contribution in [3.63, 3.8) is 0 Å². The summed E-state index contributed by atoms with van der Waals surface area (Å²) in [5, 5.41) is 0. The number of hydrogen-bond donors (Lipinski definition) is 0. The third-order valence-corrected chi connectivity index (χ3v) is 2.03. The van der Waals surface area contributed by atoms with Crippen molar-refractivity contribution in [2.24, 2.45) is 0 Å². The van der Waals surface area contributed by atoms with Gasteiger partial charge in [0.1, 0.15) is 12.4 Å². The molecule has 14 heavy (non-hydrogen) atoms. The van der Waals surface area contributed by atoms with E-state index in [9.17, 15) is 0 Å². The van der Waals surface area contributed by atoms with Gasteiger partial charge in [0.2, 0.25) is 0 Å². The highest BCUT2D eigenvalue weighted by molar-refractivity contribution is 5.20. The largest absolute Gasteiger partial charge is 0.492 e. The second-order valence-corrected chi connectivity index (χ2v) is 3.08. The Morgan fingerprint density at radius 2 is 1.64 bits per heavy atom. The monoisotopic (exact) mass is 187 g/mol. The summed E-state index contributed by atoms with van der Waals surface area (Å²) in [4.78, 5) is 0. The summed E-state index contributed by atoms with van der Waals surface area (Å²) in [7, 11) is 0. The minimum atomic E-state index is 0.707. The van der Waals surface area contributed by atoms with Crippen LogP contribution in [0.15, 0.2) is 54.9 Å². The van der Waals surface area contributed by atoms with E-state index in [0.717, 1.165) is 12.3 Å². The zero-order valence-electron chi connectivity index (χ0n) is 7.97. The van der Waals surface area contributed by atoms with Crippen LogP contribution in [0.5, 0.6) is 5.75 Å². The van der Waals surface area contributed by atoms with Gasteiger partial charge in [0, 0.05) is 12.4 Å². The average Bonchev–Trinajstić information content (AvgIpc) is 2.72. The Balaban J connectivity index is 1.79. The van der Waals surface area contributed by atoms with Gasteiger partial charge in [0.05, 0.1) is 6.54 Å². The molecule has 2 rings (SSSR count). The van der Waals surface area contributed by atoms with Crippen LogP contribution >= 0.6 is 0 Å². The number of ether oxygens (including phenoxy) is 1. The van der Waals surface area contributed by atoms with Crippen molar-refractivity contribution in [1.29, 1.82) is 0 Å². The van der Waals surface area contributed by atoms with E-state index >= 15 is 0 Å². The molecule has 0 atom stereocenters. The maximum atomic E-state index is 5.56. The van der Waals surface area contributed by atoms with E-state index in [0.29, 0.717) is 6.61 Å². The molecular weight excluding hydrogens is 174 g/mol. The van der Waals surface area contributed by atoms with Gasteiger partial charge in [-0.05, 0) is 24.3 Å². The van der Waals surface area contributed by atoms with Crippen molar-refractivity contribution in [1.82, 2.24) is 4.57 Å². The fourth-order valence-corrected chi connectivity index (χ4v) is 1.30. The smallest absolute Gasteiger partial charge is 0.119 e. The minimum absolute atomic E-state index is 0.707. The first-order valence-electron chi connectivity index (χ1n) is 4.74. The Hall–Kier alpha value is -1.70. The molecule has 0 bridgehead atoms. The molecule has 72 valence electrons. The van der Waals surface area contributed by atoms with Crippen molar-refractivity contribution < 1.29 is 4.74 Å². The Labute approximate surface area is 83.8 Å². The molecule has 1 heterocycles. The molecule has 0 fully saturated rings. The predicted molar refractivity (Wildman–Crippen MR) is 56.4 cm³/mol. The number of para-hydroxylation sites is 1. The normalized spacial score (nSPS) is 10.0. The molecule has 0 unspecified atom stereocenters. The van der Waals surface area contributed by atoms with Crippen LogP contribution in [-0.4, -0.2) is 11.2 Å². The number of rotatable bonds is 4. The standard InChI is InChI=1S/C12H13NO/c1-2-6-12(7-3-1)14-11-10-13-8-4-5-9-13/h1-9H,10-11H2. The minimum Gasteiger partial charge on any atom is -0.492 e. The third kappa shape index (κ3) is 2.39. The topological polar surface area (TPSA) is 14.2 Å². The number of hydrogen-bond acceptors (Lipinski definition) is 1. The first kappa shape index (κ1) is 8.88. The van der Waals surface area contributed by atoms with Gasteiger partial charge in [-0.15, -0.1) is 0 Å². The van der Waals surface area contributed by atoms with Gasteiger partial charge in [-0.25, -0.2) is 0 Å². The lowest BCUT2D eigenvalue weighted by Crippen LogP contribution is -2.05. The first-order chi connectivity index (χ1) is 6.95. The number of nitrogens with zero attached hydrogens (tertiary/aromatic N) is 1. The van der Waals surface area contributed by atoms with Gasteiger partial charge in [-0.2, -0.15) is 0 Å². The maximum Gasteiger partial charge on any atom is 0.119 e. The number of aromatic nitrogens is 1. The van der Waals surface area contributed by atoms with E-state index in [2.05, 4.69) is 4.57 Å². The zero-order valence-corrected chi connectivity index (χ0v) is 7.97. The Morgan fingerprint density at radius 3 is 2.36 bits per heavy atom. The second kappa shape index (κ2) is 4.51. The van der Waals surface area contributed by atoms with Gasteiger partial charge in [-0.1, -0.05) is 18.2 Å². The summed E-state index contributed by atoms with van der Waals surface area (Å²) in [5.41, 5.74) is 0. The molecule has 0 aliphatic carbocycles. The Kier molecular flexibility index (Phi) is 2.86. The lowest BCUT2D eigenvalue weighted by atomic mass is 10.3. The lowest BCUT2D eigenvalue weighted by molar-refractivity contribution is 0.298. The highest BCUT2D eigenvalue weighted by Crippen LogP contribution is 2.07. The van der Waals surface area contributed by atoms with E-state index in [1.165, 1.54) is 0 Å². The average molecular weight is 187 g/mol. The van der Waals surface area contributed by atoms with E-state index in [1.54, 1.807) is 0 Å². The second-order valence-electron chi connectivity index (χ2n) is 3.08. The molecule has 0 saturated heterocycles. The van der Waals surface area contributed by atoms with Crippen molar-refractivity contribution in [3.8, 4) is 5.75 Å². The summed E-state index contributed by atoms with van der Waals surface area (Å²) in [6.07, 6.45) is 4.07. The molecule has 0 aliphatic rings. The molecule has 0 aliphatic heterocycles. The highest BCUT2D eigenvalue weighted by Gasteiger charge is 1.91. The van der Waals surface area contributed by atoms with Gasteiger partial charge in [-0.3, -0.25) is 0 Å². The van der Waals surface area contributed by atoms with E-state index in [1.807, 2.05) is 54.9 Å². The summed E-state index contributed by atoms with van der Waals surface area (Å²) in [6, 6.07) is 13.9. The lowest BCUT2D eigenvalue weighted by Gasteiger charge is -2.06. The van der Waals surface area contributed by atoms with Gasteiger partial charge in [0.15, 0.2) is 0 Å². The van der Waals surface area contributed by atoms with Crippen LogP contribution in [0.1, 0.15) is 0 Å². The van der Waals surface area contributed by atoms with Gasteiger partial charge in [0.25, 0.3) is 0 Å². The first-order valence-corrected chi connectivity index (χ1v) is 4.74. The Bertz CT molecular complexity index is 353. The quantitative estimate of drug-likeness (QED) is 0.717. The van der Waals surface area contributed by atoms with Gasteiger partial charge < -0.3 is 9.30 Å². The van der Waals surface area contributed by atoms with E-state index in [4.69, 9.17) is 4.74 Å². The van der Waals surface area contributed by atoms with Crippen molar-refractivity contribution >= 4 is 0 Å². The SMILES string of the molecule is c1ccc(OCCn2cccc2)cc1. The molecule has 1 aromatic carbocycles. The highest BCUT2D eigenvalue weighted by atomic mass is 16.5. The molecule has 0 radical (unpaired) electrons. The van der Waals surface area contributed by atoms with E-state index < -0.39 is 0 Å². The third-order valence-electron chi connectivity index (χ3n) is 2.03. The molecular formula is C12H13NO. The molecule has 0 saturated carbocycles. The maximum absolute atomic E-state index is 5.56. The zero-order chi connectivity index (χ0) is 9.64. The van der Waals surface area contributed by atoms with Crippen molar-refractivity contribution in [3.05, 3.63) is 54.9 Å². The van der Waals surface area contributed by atoms with Crippen molar-refractivity contribution in [2.45, 2.75) is 6.54 Å². The van der Waals surface area contributed by atoms with Crippen LogP contribution in [0.4, 0.5) is 0 Å². The van der Waals surface area contributed by atoms with E-state index in [-0.39, 0.29) is 0 Å². The van der Waals surface area contributed by atoms with Crippen LogP contribution in [0.3, 0.4) is 0 Å². The fraction of sp³-hybridized carbons (Fsp3) is 0.167. The molecule has 2 aromatic rings. The molecule has 0 spiro atoms. The Morgan fingerprint density at radius 1 is 0.929 bits per heavy atom. The summed E-state index contributed by atoms with van der Waals surface area (Å²) < 4.78 is 7.66. The molecule has 2 nitrogen and oxygen atoms in total. The fourth-order valence-electron chi connectivity index (χ4n) is 1.30. The van der Waals surface area contributed by atoms with Crippen LogP contribution in [-0.2, 0) is 6.54 Å². The summed E-state index contributed by atoms with van der Waals surface area (Å²) in [5.74, 6) is 0.930. The molecule has 0 N–H and O–H groups in total. The van der Waals surface area contributed by atoms with Crippen LogP contribution in [0.25, 0.3) is 0 Å². The van der Waals surface area contributed by atoms with Crippen LogP contribution in [0.2, 0.25) is 0 Å². The molecule has 0 amide bonds. The van der Waals surface area contributed by atoms with Crippen LogP contribution in [0, 0.1) is 0 Å². The van der Waals surface area contributed by atoms with Crippen molar-refractivity contribution in [2.75, 3.05) is 6.61 Å². The predicted octanol–water partition coefficient (Wildman–Crippen LogP) is 2.57. The summed E-state index contributed by atoms with van der Waals surface area (Å²) in [6.45, 7) is 1.60. The molecule has 2 heteroatoms. The summed E-state index contributed by atoms with van der Waals surface area (Å²) >= 11 is 0.